The molecular formula is C14H16N2O. The van der Waals surface area contributed by atoms with E-state index in [-0.39, 0.29) is 0 Å². The Kier molecular flexibility index (Phi) is 2.69. The molecule has 1 unspecified atom stereocenters. The van der Waals surface area contributed by atoms with Gasteiger partial charge in [-0.15, -0.1) is 0 Å². The lowest BCUT2D eigenvalue weighted by Gasteiger charge is -2.07. The molecule has 17 heavy (non-hydrogen) atoms. The van der Waals surface area contributed by atoms with Crippen molar-refractivity contribution in [2.45, 2.75) is 19.3 Å². The zero-order chi connectivity index (χ0) is 11.7. The van der Waals surface area contributed by atoms with E-state index >= 15 is 0 Å². The molecule has 0 amide bonds. The van der Waals surface area contributed by atoms with Gasteiger partial charge in [-0.2, -0.15) is 0 Å². The van der Waals surface area contributed by atoms with Crippen LogP contribution in [0.4, 0.5) is 0 Å². The minimum Gasteiger partial charge on any atom is -0.360 e. The SMILES string of the molecule is Cc1ccc(-c2cnoc2C2CCNC2)cc1. The van der Waals surface area contributed by atoms with Crippen LogP contribution in [0, 0.1) is 6.92 Å². The van der Waals surface area contributed by atoms with Crippen molar-refractivity contribution in [3.63, 3.8) is 0 Å². The van der Waals surface area contributed by atoms with Gasteiger partial charge in [-0.3, -0.25) is 0 Å². The average Bonchev–Trinajstić information content (AvgIpc) is 3.00. The summed E-state index contributed by atoms with van der Waals surface area (Å²) < 4.78 is 5.44. The van der Waals surface area contributed by atoms with E-state index in [9.17, 15) is 0 Å². The monoisotopic (exact) mass is 228 g/mol. The number of aryl methyl sites for hydroxylation is 1. The summed E-state index contributed by atoms with van der Waals surface area (Å²) in [5.41, 5.74) is 3.60. The van der Waals surface area contributed by atoms with Crippen molar-refractivity contribution in [2.75, 3.05) is 13.1 Å². The van der Waals surface area contributed by atoms with Gasteiger partial charge in [0.15, 0.2) is 0 Å². The normalized spacial score (nSPS) is 19.7. The van der Waals surface area contributed by atoms with Crippen LogP contribution in [0.5, 0.6) is 0 Å². The van der Waals surface area contributed by atoms with Crippen LogP contribution >= 0.6 is 0 Å². The molecule has 1 atom stereocenters. The Balaban J connectivity index is 1.97. The van der Waals surface area contributed by atoms with Gasteiger partial charge in [0, 0.05) is 18.0 Å². The van der Waals surface area contributed by atoms with Crippen LogP contribution in [0.25, 0.3) is 11.1 Å². The number of rotatable bonds is 2. The van der Waals surface area contributed by atoms with Gasteiger partial charge >= 0.3 is 0 Å². The Morgan fingerprint density at radius 2 is 2.12 bits per heavy atom. The molecule has 0 bridgehead atoms. The van der Waals surface area contributed by atoms with E-state index in [1.807, 2.05) is 6.20 Å². The van der Waals surface area contributed by atoms with Crippen LogP contribution in [-0.2, 0) is 0 Å². The van der Waals surface area contributed by atoms with Crippen LogP contribution in [-0.4, -0.2) is 18.2 Å². The van der Waals surface area contributed by atoms with E-state index in [0.29, 0.717) is 5.92 Å². The second-order valence-electron chi connectivity index (χ2n) is 4.66. The molecule has 3 rings (SSSR count). The van der Waals surface area contributed by atoms with Crippen LogP contribution in [0.1, 0.15) is 23.7 Å². The fourth-order valence-corrected chi connectivity index (χ4v) is 2.37. The quantitative estimate of drug-likeness (QED) is 0.858. The maximum Gasteiger partial charge on any atom is 0.148 e. The summed E-state index contributed by atoms with van der Waals surface area (Å²) >= 11 is 0. The summed E-state index contributed by atoms with van der Waals surface area (Å²) in [6, 6.07) is 8.51. The number of nitrogens with zero attached hydrogens (tertiary/aromatic N) is 1. The molecule has 1 aliphatic heterocycles. The van der Waals surface area contributed by atoms with Gasteiger partial charge in [-0.25, -0.2) is 0 Å². The van der Waals surface area contributed by atoms with Crippen LogP contribution in [0.2, 0.25) is 0 Å². The first-order chi connectivity index (χ1) is 8.34. The van der Waals surface area contributed by atoms with E-state index in [1.165, 1.54) is 11.1 Å². The molecule has 0 aliphatic carbocycles. The van der Waals surface area contributed by atoms with E-state index in [4.69, 9.17) is 4.52 Å². The molecule has 0 saturated carbocycles. The standard InChI is InChI=1S/C14H16N2O/c1-10-2-4-11(5-3-10)13-9-16-17-14(13)12-6-7-15-8-12/h2-5,9,12,15H,6-8H2,1H3. The summed E-state index contributed by atoms with van der Waals surface area (Å²) in [5.74, 6) is 1.49. The van der Waals surface area contributed by atoms with Crippen molar-refractivity contribution >= 4 is 0 Å². The average molecular weight is 228 g/mol. The highest BCUT2D eigenvalue weighted by Gasteiger charge is 2.24. The van der Waals surface area contributed by atoms with Crippen molar-refractivity contribution in [3.05, 3.63) is 41.8 Å². The molecule has 3 nitrogen and oxygen atoms in total. The zero-order valence-corrected chi connectivity index (χ0v) is 9.94. The first-order valence-electron chi connectivity index (χ1n) is 6.07. The molecule has 0 spiro atoms. The van der Waals surface area contributed by atoms with Crippen molar-refractivity contribution < 1.29 is 4.52 Å². The van der Waals surface area contributed by atoms with Crippen LogP contribution in [0.3, 0.4) is 0 Å². The number of hydrogen-bond donors (Lipinski definition) is 1. The Morgan fingerprint density at radius 1 is 1.29 bits per heavy atom. The van der Waals surface area contributed by atoms with Gasteiger partial charge in [0.1, 0.15) is 5.76 Å². The van der Waals surface area contributed by atoms with E-state index < -0.39 is 0 Å². The highest BCUT2D eigenvalue weighted by molar-refractivity contribution is 5.65. The fraction of sp³-hybridized carbons (Fsp3) is 0.357. The molecular weight excluding hydrogens is 212 g/mol. The molecule has 88 valence electrons. The Hall–Kier alpha value is -1.61. The fourth-order valence-electron chi connectivity index (χ4n) is 2.37. The summed E-state index contributed by atoms with van der Waals surface area (Å²) in [6.45, 7) is 4.16. The van der Waals surface area contributed by atoms with Crippen molar-refractivity contribution in [3.8, 4) is 11.1 Å². The third kappa shape index (κ3) is 1.98. The first-order valence-corrected chi connectivity index (χ1v) is 6.07. The van der Waals surface area contributed by atoms with Gasteiger partial charge in [0.25, 0.3) is 0 Å². The summed E-state index contributed by atoms with van der Waals surface area (Å²) in [6.07, 6.45) is 2.96. The van der Waals surface area contributed by atoms with Gasteiger partial charge in [0.05, 0.1) is 6.20 Å². The zero-order valence-electron chi connectivity index (χ0n) is 9.94. The Bertz CT molecular complexity index is 495. The molecule has 1 aromatic heterocycles. The highest BCUT2D eigenvalue weighted by atomic mass is 16.5. The van der Waals surface area contributed by atoms with Crippen molar-refractivity contribution in [2.24, 2.45) is 0 Å². The second-order valence-corrected chi connectivity index (χ2v) is 4.66. The first kappa shape index (κ1) is 10.5. The molecule has 0 radical (unpaired) electrons. The van der Waals surface area contributed by atoms with Gasteiger partial charge in [-0.1, -0.05) is 35.0 Å². The predicted octanol–water partition coefficient (Wildman–Crippen LogP) is 2.73. The van der Waals surface area contributed by atoms with Crippen LogP contribution in [0.15, 0.2) is 35.0 Å². The molecule has 1 N–H and O–H groups in total. The Morgan fingerprint density at radius 3 is 2.82 bits per heavy atom. The van der Waals surface area contributed by atoms with Crippen molar-refractivity contribution in [1.29, 1.82) is 0 Å². The maximum atomic E-state index is 5.44. The molecule has 1 fully saturated rings. The minimum absolute atomic E-state index is 0.466. The van der Waals surface area contributed by atoms with Crippen LogP contribution < -0.4 is 5.32 Å². The van der Waals surface area contributed by atoms with Gasteiger partial charge in [-0.05, 0) is 25.5 Å². The number of aromatic nitrogens is 1. The third-order valence-electron chi connectivity index (χ3n) is 3.39. The van der Waals surface area contributed by atoms with E-state index in [2.05, 4.69) is 41.7 Å². The number of hydrogen-bond acceptors (Lipinski definition) is 3. The summed E-state index contributed by atoms with van der Waals surface area (Å²) in [7, 11) is 0. The number of nitrogens with one attached hydrogen (secondary N) is 1. The van der Waals surface area contributed by atoms with E-state index in [0.717, 1.165) is 30.8 Å². The predicted molar refractivity (Wildman–Crippen MR) is 66.9 cm³/mol. The molecule has 1 aromatic carbocycles. The van der Waals surface area contributed by atoms with E-state index in [1.54, 1.807) is 0 Å². The van der Waals surface area contributed by atoms with Gasteiger partial charge in [0.2, 0.25) is 0 Å². The lowest BCUT2D eigenvalue weighted by atomic mass is 9.97. The summed E-state index contributed by atoms with van der Waals surface area (Å²) in [4.78, 5) is 0. The molecule has 2 aromatic rings. The molecule has 2 heterocycles. The maximum absolute atomic E-state index is 5.44. The van der Waals surface area contributed by atoms with Crippen molar-refractivity contribution in [1.82, 2.24) is 10.5 Å². The second kappa shape index (κ2) is 4.34. The van der Waals surface area contributed by atoms with Gasteiger partial charge < -0.3 is 9.84 Å². The highest BCUT2D eigenvalue weighted by Crippen LogP contribution is 2.32. The third-order valence-corrected chi connectivity index (χ3v) is 3.39. The molecule has 3 heteroatoms. The topological polar surface area (TPSA) is 38.1 Å². The lowest BCUT2D eigenvalue weighted by Crippen LogP contribution is -2.07. The number of benzene rings is 1. The smallest absolute Gasteiger partial charge is 0.148 e. The minimum atomic E-state index is 0.466. The lowest BCUT2D eigenvalue weighted by molar-refractivity contribution is 0.366. The molecule has 1 saturated heterocycles. The summed E-state index contributed by atoms with van der Waals surface area (Å²) in [5, 5.41) is 7.32. The largest absolute Gasteiger partial charge is 0.360 e. The molecule has 1 aliphatic rings. The Labute approximate surface area is 101 Å².